The van der Waals surface area contributed by atoms with E-state index in [1.54, 1.807) is 16.7 Å². The second kappa shape index (κ2) is 5.32. The lowest BCUT2D eigenvalue weighted by Gasteiger charge is -2.35. The van der Waals surface area contributed by atoms with Crippen molar-refractivity contribution in [1.29, 1.82) is 0 Å². The van der Waals surface area contributed by atoms with Gasteiger partial charge in [0.25, 0.3) is 0 Å². The van der Waals surface area contributed by atoms with Gasteiger partial charge in [-0.15, -0.1) is 11.8 Å². The second-order valence-corrected chi connectivity index (χ2v) is 7.05. The van der Waals surface area contributed by atoms with E-state index in [-0.39, 0.29) is 17.2 Å². The van der Waals surface area contributed by atoms with Crippen molar-refractivity contribution in [1.82, 2.24) is 4.90 Å². The molecule has 0 aromatic rings. The average Bonchev–Trinajstić information content (AvgIpc) is 2.94. The summed E-state index contributed by atoms with van der Waals surface area (Å²) in [6, 6.07) is -0.731. The van der Waals surface area contributed by atoms with Crippen molar-refractivity contribution in [3.63, 3.8) is 0 Å². The summed E-state index contributed by atoms with van der Waals surface area (Å²) in [7, 11) is 0. The van der Waals surface area contributed by atoms with Crippen LogP contribution in [0.25, 0.3) is 0 Å². The van der Waals surface area contributed by atoms with E-state index < -0.39 is 17.6 Å². The van der Waals surface area contributed by atoms with Gasteiger partial charge in [-0.25, -0.2) is 4.79 Å². The van der Waals surface area contributed by atoms with Gasteiger partial charge in [0.15, 0.2) is 0 Å². The van der Waals surface area contributed by atoms with Crippen molar-refractivity contribution in [2.75, 3.05) is 5.75 Å². The van der Waals surface area contributed by atoms with E-state index in [4.69, 9.17) is 5.73 Å². The van der Waals surface area contributed by atoms with Crippen molar-refractivity contribution < 1.29 is 14.7 Å². The average molecular weight is 286 g/mol. The highest BCUT2D eigenvalue weighted by Crippen LogP contribution is 2.38. The molecule has 1 aliphatic heterocycles. The third kappa shape index (κ3) is 2.60. The molecule has 2 unspecified atom stereocenters. The summed E-state index contributed by atoms with van der Waals surface area (Å²) in [6.07, 6.45) is 3.24. The summed E-state index contributed by atoms with van der Waals surface area (Å²) >= 11 is 1.55. The maximum absolute atomic E-state index is 12.7. The Morgan fingerprint density at radius 1 is 1.37 bits per heavy atom. The molecule has 0 spiro atoms. The lowest BCUT2D eigenvalue weighted by molar-refractivity contribution is -0.152. The maximum Gasteiger partial charge on any atom is 0.327 e. The maximum atomic E-state index is 12.7. The topological polar surface area (TPSA) is 83.6 Å². The molecule has 1 heterocycles. The van der Waals surface area contributed by atoms with Gasteiger partial charge >= 0.3 is 5.97 Å². The standard InChI is InChI=1S/C13H22N2O3S/c1-8(2)10-15(9(7-19-10)11(16)17)12(18)13(14)5-3-4-6-13/h8-10H,3-7,14H2,1-2H3,(H,16,17). The molecule has 3 N–H and O–H groups in total. The summed E-state index contributed by atoms with van der Waals surface area (Å²) in [6.45, 7) is 4.03. The Morgan fingerprint density at radius 2 is 1.95 bits per heavy atom. The predicted octanol–water partition coefficient (Wildman–Crippen LogP) is 1.27. The highest BCUT2D eigenvalue weighted by molar-refractivity contribution is 8.00. The van der Waals surface area contributed by atoms with Gasteiger partial charge in [0.2, 0.25) is 5.91 Å². The molecule has 1 saturated heterocycles. The van der Waals surface area contributed by atoms with Gasteiger partial charge < -0.3 is 15.7 Å². The number of rotatable bonds is 3. The first kappa shape index (κ1) is 14.7. The quantitative estimate of drug-likeness (QED) is 0.816. The molecule has 6 heteroatoms. The van der Waals surface area contributed by atoms with Crippen LogP contribution in [0.1, 0.15) is 39.5 Å². The van der Waals surface area contributed by atoms with E-state index in [2.05, 4.69) is 0 Å². The van der Waals surface area contributed by atoms with E-state index in [1.807, 2.05) is 13.8 Å². The minimum absolute atomic E-state index is 0.0744. The number of carboxylic acids is 1. The summed E-state index contributed by atoms with van der Waals surface area (Å²) in [5, 5.41) is 9.24. The van der Waals surface area contributed by atoms with Crippen LogP contribution in [0.5, 0.6) is 0 Å². The number of amides is 1. The fraction of sp³-hybridized carbons (Fsp3) is 0.846. The van der Waals surface area contributed by atoms with Crippen LogP contribution in [0, 0.1) is 5.92 Å². The monoisotopic (exact) mass is 286 g/mol. The number of thioether (sulfide) groups is 1. The zero-order valence-corrected chi connectivity index (χ0v) is 12.3. The van der Waals surface area contributed by atoms with E-state index in [0.29, 0.717) is 18.6 Å². The molecule has 108 valence electrons. The number of carbonyl (C=O) groups is 2. The van der Waals surface area contributed by atoms with Gasteiger partial charge in [0.05, 0.1) is 10.9 Å². The van der Waals surface area contributed by atoms with Gasteiger partial charge in [-0.2, -0.15) is 0 Å². The predicted molar refractivity (Wildman–Crippen MR) is 74.7 cm³/mol. The summed E-state index contributed by atoms with van der Waals surface area (Å²) < 4.78 is 0. The fourth-order valence-electron chi connectivity index (χ4n) is 2.97. The van der Waals surface area contributed by atoms with Crippen molar-refractivity contribution in [3.8, 4) is 0 Å². The molecule has 1 saturated carbocycles. The molecular formula is C13H22N2O3S. The van der Waals surface area contributed by atoms with Gasteiger partial charge in [-0.1, -0.05) is 26.7 Å². The number of carbonyl (C=O) groups excluding carboxylic acids is 1. The number of nitrogens with zero attached hydrogens (tertiary/aromatic N) is 1. The SMILES string of the molecule is CC(C)C1SCC(C(=O)O)N1C(=O)C1(N)CCCC1. The number of aliphatic carboxylic acids is 1. The zero-order valence-electron chi connectivity index (χ0n) is 11.5. The highest BCUT2D eigenvalue weighted by Gasteiger charge is 2.49. The molecular weight excluding hydrogens is 264 g/mol. The molecule has 19 heavy (non-hydrogen) atoms. The smallest absolute Gasteiger partial charge is 0.327 e. The van der Waals surface area contributed by atoms with Gasteiger partial charge in [0.1, 0.15) is 6.04 Å². The minimum Gasteiger partial charge on any atom is -0.480 e. The summed E-state index contributed by atoms with van der Waals surface area (Å²) in [5.74, 6) is -0.407. The Morgan fingerprint density at radius 3 is 2.42 bits per heavy atom. The van der Waals surface area contributed by atoms with Crippen LogP contribution in [0.4, 0.5) is 0 Å². The van der Waals surface area contributed by atoms with Gasteiger partial charge in [0, 0.05) is 5.75 Å². The zero-order chi connectivity index (χ0) is 14.2. The van der Waals surface area contributed by atoms with Crippen LogP contribution in [-0.2, 0) is 9.59 Å². The molecule has 1 aliphatic carbocycles. The molecule has 2 aliphatic rings. The first-order chi connectivity index (χ1) is 8.87. The van der Waals surface area contributed by atoms with Crippen LogP contribution in [0.3, 0.4) is 0 Å². The van der Waals surface area contributed by atoms with Crippen molar-refractivity contribution in [2.45, 2.75) is 56.5 Å². The van der Waals surface area contributed by atoms with Crippen molar-refractivity contribution >= 4 is 23.6 Å². The van der Waals surface area contributed by atoms with E-state index in [1.165, 1.54) is 0 Å². The van der Waals surface area contributed by atoms with Crippen molar-refractivity contribution in [2.24, 2.45) is 11.7 Å². The summed E-state index contributed by atoms with van der Waals surface area (Å²) in [4.78, 5) is 25.6. The highest BCUT2D eigenvalue weighted by atomic mass is 32.2. The van der Waals surface area contributed by atoms with Crippen molar-refractivity contribution in [3.05, 3.63) is 0 Å². The number of hydrogen-bond acceptors (Lipinski definition) is 4. The summed E-state index contributed by atoms with van der Waals surface area (Å²) in [5.41, 5.74) is 5.37. The Bertz CT molecular complexity index is 380. The van der Waals surface area contributed by atoms with Crippen LogP contribution >= 0.6 is 11.8 Å². The normalized spacial score (nSPS) is 30.0. The number of nitrogens with two attached hydrogens (primary N) is 1. The number of carboxylic acid groups (broad SMARTS) is 1. The fourth-order valence-corrected chi connectivity index (χ4v) is 4.44. The second-order valence-electron chi connectivity index (χ2n) is 5.90. The van der Waals surface area contributed by atoms with Crippen LogP contribution < -0.4 is 5.73 Å². The molecule has 0 aromatic carbocycles. The van der Waals surface area contributed by atoms with Gasteiger partial charge in [-0.3, -0.25) is 4.79 Å². The lowest BCUT2D eigenvalue weighted by atomic mass is 9.95. The first-order valence-electron chi connectivity index (χ1n) is 6.83. The molecule has 0 radical (unpaired) electrons. The molecule has 2 atom stereocenters. The minimum atomic E-state index is -0.925. The molecule has 1 amide bonds. The Hall–Kier alpha value is -0.750. The van der Waals surface area contributed by atoms with Crippen LogP contribution in [0.2, 0.25) is 0 Å². The Kier molecular flexibility index (Phi) is 4.11. The van der Waals surface area contributed by atoms with Crippen LogP contribution in [0.15, 0.2) is 0 Å². The lowest BCUT2D eigenvalue weighted by Crippen LogP contribution is -2.59. The third-order valence-corrected chi connectivity index (χ3v) is 5.67. The first-order valence-corrected chi connectivity index (χ1v) is 7.88. The van der Waals surface area contributed by atoms with E-state index >= 15 is 0 Å². The van der Waals surface area contributed by atoms with Crippen LogP contribution in [-0.4, -0.2) is 44.6 Å². The molecule has 0 aromatic heterocycles. The molecule has 2 rings (SSSR count). The number of hydrogen-bond donors (Lipinski definition) is 2. The van der Waals surface area contributed by atoms with E-state index in [9.17, 15) is 14.7 Å². The Labute approximate surface area is 117 Å². The molecule has 2 fully saturated rings. The Balaban J connectivity index is 2.25. The van der Waals surface area contributed by atoms with Gasteiger partial charge in [-0.05, 0) is 18.8 Å². The molecule has 0 bridgehead atoms. The van der Waals surface area contributed by atoms with E-state index in [0.717, 1.165) is 12.8 Å². The third-order valence-electron chi connectivity index (χ3n) is 4.05. The largest absolute Gasteiger partial charge is 0.480 e. The molecule has 5 nitrogen and oxygen atoms in total.